The van der Waals surface area contributed by atoms with E-state index in [9.17, 15) is 19.2 Å². The first-order chi connectivity index (χ1) is 12.0. The Balaban J connectivity index is 0.00000243. The quantitative estimate of drug-likeness (QED) is 0.447. The van der Waals surface area contributed by atoms with Crippen molar-refractivity contribution in [3.8, 4) is 0 Å². The summed E-state index contributed by atoms with van der Waals surface area (Å²) in [5, 5.41) is 13.6. The summed E-state index contributed by atoms with van der Waals surface area (Å²) in [6.07, 6.45) is 1.18. The van der Waals surface area contributed by atoms with Gasteiger partial charge in [0.05, 0.1) is 17.8 Å². The number of hydrogen-bond acceptors (Lipinski definition) is 4. The zero-order valence-corrected chi connectivity index (χ0v) is 18.3. The number of anilines is 2. The Labute approximate surface area is 184 Å². The Morgan fingerprint density at radius 1 is 1.46 bits per heavy atom. The molecule has 133 valence electrons. The predicted octanol–water partition coefficient (Wildman–Crippen LogP) is 2.09. The maximum atomic E-state index is 14.3. The molecule has 1 radical (unpaired) electrons. The molecule has 0 bridgehead atoms. The van der Waals surface area contributed by atoms with E-state index in [1.165, 1.54) is 35.4 Å². The van der Waals surface area contributed by atoms with E-state index in [1.54, 1.807) is 0 Å². The van der Waals surface area contributed by atoms with Crippen LogP contribution in [-0.4, -0.2) is 31.2 Å². The first kappa shape index (κ1) is 20.6. The second-order valence-electron chi connectivity index (χ2n) is 5.39. The number of cyclic esters (lactones) is 1. The molecule has 2 amide bonds. The molecule has 26 heavy (non-hydrogen) atoms. The van der Waals surface area contributed by atoms with Crippen LogP contribution in [0.3, 0.4) is 0 Å². The van der Waals surface area contributed by atoms with E-state index in [4.69, 9.17) is 10.5 Å². The number of ether oxygens (including phenoxy) is 1. The molecule has 2 heterocycles. The molecule has 2 aromatic rings. The average Bonchev–Trinajstić information content (AvgIpc) is 2.95. The number of benzene rings is 1. The van der Waals surface area contributed by atoms with Gasteiger partial charge in [0, 0.05) is 50.1 Å². The molecular weight excluding hydrogens is 558 g/mol. The molecule has 10 heteroatoms. The number of aromatic nitrogens is 1. The van der Waals surface area contributed by atoms with Gasteiger partial charge in [-0.1, -0.05) is 0 Å². The zero-order valence-electron chi connectivity index (χ0n) is 13.5. The second kappa shape index (κ2) is 8.75. The minimum absolute atomic E-state index is 0. The first-order valence-corrected chi connectivity index (χ1v) is 7.40. The van der Waals surface area contributed by atoms with E-state index in [0.29, 0.717) is 4.73 Å². The van der Waals surface area contributed by atoms with Crippen LogP contribution >= 0.6 is 0 Å². The smallest absolute Gasteiger partial charge is 0.414 e. The SMILES string of the molecule is [Ac].[NH-]C[C@H]1CN(c2ccc(C(=O)Nc3ccc[n+]([O-])c3)c(F)c2)C(=O)O1. The van der Waals surface area contributed by atoms with Crippen LogP contribution in [0.1, 0.15) is 10.4 Å². The fourth-order valence-corrected chi connectivity index (χ4v) is 2.42. The molecule has 0 aliphatic carbocycles. The van der Waals surface area contributed by atoms with Gasteiger partial charge < -0.3 is 21.0 Å². The summed E-state index contributed by atoms with van der Waals surface area (Å²) >= 11 is 0. The van der Waals surface area contributed by atoms with Gasteiger partial charge in [0.15, 0.2) is 6.20 Å². The van der Waals surface area contributed by atoms with E-state index in [0.717, 1.165) is 12.3 Å². The predicted molar refractivity (Wildman–Crippen MR) is 86.6 cm³/mol. The number of nitrogens with zero attached hydrogens (tertiary/aromatic N) is 2. The maximum absolute atomic E-state index is 14.3. The van der Waals surface area contributed by atoms with Crippen LogP contribution in [0.4, 0.5) is 20.6 Å². The van der Waals surface area contributed by atoms with Gasteiger partial charge >= 0.3 is 6.09 Å². The average molecular weight is 572 g/mol. The number of amides is 2. The van der Waals surface area contributed by atoms with Crippen LogP contribution in [0.25, 0.3) is 5.73 Å². The number of carbonyl (C=O) groups is 2. The Morgan fingerprint density at radius 2 is 2.23 bits per heavy atom. The van der Waals surface area contributed by atoms with Crippen LogP contribution in [0.5, 0.6) is 0 Å². The van der Waals surface area contributed by atoms with Crippen molar-refractivity contribution in [3.05, 3.63) is 65.0 Å². The fraction of sp³-hybridized carbons (Fsp3) is 0.188. The van der Waals surface area contributed by atoms with Gasteiger partial charge in [-0.25, -0.2) is 9.18 Å². The summed E-state index contributed by atoms with van der Waals surface area (Å²) in [4.78, 5) is 25.1. The van der Waals surface area contributed by atoms with Crippen molar-refractivity contribution in [2.75, 3.05) is 23.3 Å². The largest absolute Gasteiger partial charge is 0.674 e. The molecule has 1 atom stereocenters. The van der Waals surface area contributed by atoms with Gasteiger partial charge in [-0.2, -0.15) is 4.73 Å². The fourth-order valence-electron chi connectivity index (χ4n) is 2.42. The molecule has 1 aliphatic heterocycles. The first-order valence-electron chi connectivity index (χ1n) is 7.40. The molecule has 0 saturated carbocycles. The minimum Gasteiger partial charge on any atom is -0.674 e. The molecule has 3 rings (SSSR count). The molecule has 8 nitrogen and oxygen atoms in total. The summed E-state index contributed by atoms with van der Waals surface area (Å²) in [6, 6.07) is 6.67. The van der Waals surface area contributed by atoms with E-state index in [-0.39, 0.29) is 74.1 Å². The number of nitrogens with one attached hydrogen (secondary N) is 2. The molecular formula is C16H14AcFN4O4-. The van der Waals surface area contributed by atoms with Gasteiger partial charge in [-0.15, -0.1) is 6.54 Å². The van der Waals surface area contributed by atoms with Crippen molar-refractivity contribution in [3.63, 3.8) is 0 Å². The van der Waals surface area contributed by atoms with Crippen molar-refractivity contribution >= 4 is 23.4 Å². The normalized spacial score (nSPS) is 16.0. The molecule has 0 unspecified atom stereocenters. The number of halogens is 1. The summed E-state index contributed by atoms with van der Waals surface area (Å²) < 4.78 is 19.8. The molecule has 1 aromatic carbocycles. The van der Waals surface area contributed by atoms with E-state index in [2.05, 4.69) is 5.32 Å². The van der Waals surface area contributed by atoms with Crippen molar-refractivity contribution in [2.24, 2.45) is 0 Å². The topological polar surface area (TPSA) is 109 Å². The van der Waals surface area contributed by atoms with Crippen LogP contribution < -0.4 is 14.9 Å². The molecule has 0 spiro atoms. The minimum atomic E-state index is -0.817. The van der Waals surface area contributed by atoms with E-state index < -0.39 is 23.9 Å². The van der Waals surface area contributed by atoms with Crippen molar-refractivity contribution < 1.29 is 67.5 Å². The van der Waals surface area contributed by atoms with Crippen LogP contribution in [0.2, 0.25) is 0 Å². The standard InChI is InChI=1S/C16H14FN4O4.Ac/c17-14-6-11(21-9-12(7-18)25-16(21)23)3-4-13(14)15(22)19-10-2-1-5-20(24)8-10;/h1-6,8,12,18H,7,9H2,(H,19,22);/q-1;/t12-;/m0./s1. The van der Waals surface area contributed by atoms with E-state index in [1.807, 2.05) is 0 Å². The Hall–Kier alpha value is -1.76. The van der Waals surface area contributed by atoms with Gasteiger partial charge in [-0.3, -0.25) is 9.69 Å². The number of carbonyl (C=O) groups excluding carboxylic acids is 2. The van der Waals surface area contributed by atoms with Gasteiger partial charge in [0.2, 0.25) is 6.20 Å². The van der Waals surface area contributed by atoms with Crippen molar-refractivity contribution in [1.29, 1.82) is 0 Å². The summed E-state index contributed by atoms with van der Waals surface area (Å²) in [6.45, 7) is 0.0723. The van der Waals surface area contributed by atoms with E-state index >= 15 is 0 Å². The van der Waals surface area contributed by atoms with Gasteiger partial charge in [-0.05, 0) is 24.3 Å². The third kappa shape index (κ3) is 4.50. The summed E-state index contributed by atoms with van der Waals surface area (Å²) in [7, 11) is 0. The molecule has 1 fully saturated rings. The number of hydrogen-bond donors (Lipinski definition) is 1. The van der Waals surface area contributed by atoms with Crippen molar-refractivity contribution in [2.45, 2.75) is 6.10 Å². The summed E-state index contributed by atoms with van der Waals surface area (Å²) in [5.74, 6) is -1.54. The number of pyridine rings is 1. The van der Waals surface area contributed by atoms with Crippen molar-refractivity contribution in [1.82, 2.24) is 0 Å². The van der Waals surface area contributed by atoms with Crippen LogP contribution in [0.15, 0.2) is 42.7 Å². The molecule has 1 aliphatic rings. The second-order valence-corrected chi connectivity index (χ2v) is 5.39. The van der Waals surface area contributed by atoms with Gasteiger partial charge in [0.25, 0.3) is 5.91 Å². The van der Waals surface area contributed by atoms with Gasteiger partial charge in [0.1, 0.15) is 17.6 Å². The molecule has 1 saturated heterocycles. The summed E-state index contributed by atoms with van der Waals surface area (Å²) in [5.41, 5.74) is 7.49. The zero-order chi connectivity index (χ0) is 18.0. The Bertz CT molecular complexity index is 836. The number of rotatable bonds is 4. The van der Waals surface area contributed by atoms with Crippen LogP contribution in [-0.2, 0) is 4.74 Å². The Morgan fingerprint density at radius 3 is 2.85 bits per heavy atom. The molecule has 1 aromatic heterocycles. The monoisotopic (exact) mass is 572 g/mol. The maximum Gasteiger partial charge on any atom is 0.414 e. The molecule has 2 N–H and O–H groups in total. The third-order valence-corrected chi connectivity index (χ3v) is 3.64. The van der Waals surface area contributed by atoms with Crippen LogP contribution in [0, 0.1) is 55.1 Å². The Kier molecular flexibility index (Phi) is 6.92. The third-order valence-electron chi connectivity index (χ3n) is 3.64.